The minimum absolute atomic E-state index is 0.00102. The van der Waals surface area contributed by atoms with Crippen molar-refractivity contribution in [3.63, 3.8) is 0 Å². The third-order valence-corrected chi connectivity index (χ3v) is 9.96. The van der Waals surface area contributed by atoms with Crippen molar-refractivity contribution >= 4 is 27.5 Å². The Bertz CT molecular complexity index is 1740. The fourth-order valence-electron chi connectivity index (χ4n) is 7.38. The number of fused-ring (bicyclic) bond motifs is 2. The molecule has 1 saturated carbocycles. The number of phenolic OH excluding ortho intramolecular Hbond substituents is 1. The molecule has 2 aliphatic heterocycles. The average Bonchev–Trinajstić information content (AvgIpc) is 3.83. The number of halogens is 2. The number of phenols is 1. The maximum Gasteiger partial charge on any atom is 0.319 e. The van der Waals surface area contributed by atoms with Gasteiger partial charge in [-0.2, -0.15) is 9.97 Å². The van der Waals surface area contributed by atoms with Crippen molar-refractivity contribution in [2.45, 2.75) is 71.3 Å². The first-order valence-electron chi connectivity index (χ1n) is 16.9. The lowest BCUT2D eigenvalue weighted by Crippen LogP contribution is -2.40. The van der Waals surface area contributed by atoms with Gasteiger partial charge in [-0.25, -0.2) is 8.78 Å². The summed E-state index contributed by atoms with van der Waals surface area (Å²) in [7, 11) is 0. The molecule has 8 nitrogen and oxygen atoms in total. The topological polar surface area (TPSA) is 83.8 Å². The van der Waals surface area contributed by atoms with Crippen LogP contribution in [-0.4, -0.2) is 77.0 Å². The van der Waals surface area contributed by atoms with E-state index in [9.17, 15) is 9.50 Å². The van der Waals surface area contributed by atoms with Crippen LogP contribution in [0.5, 0.6) is 11.8 Å². The van der Waals surface area contributed by atoms with Crippen LogP contribution in [0.1, 0.15) is 64.4 Å². The zero-order valence-electron chi connectivity index (χ0n) is 26.8. The largest absolute Gasteiger partial charge is 0.508 e. The van der Waals surface area contributed by atoms with Crippen LogP contribution in [0.3, 0.4) is 0 Å². The molecule has 10 heteroatoms. The molecule has 46 heavy (non-hydrogen) atoms. The van der Waals surface area contributed by atoms with Crippen molar-refractivity contribution in [2.75, 3.05) is 50.8 Å². The van der Waals surface area contributed by atoms with Gasteiger partial charge in [0.05, 0.1) is 18.1 Å². The van der Waals surface area contributed by atoms with Crippen LogP contribution in [0.25, 0.3) is 32.9 Å². The van der Waals surface area contributed by atoms with Crippen LogP contribution in [0.15, 0.2) is 30.5 Å². The number of pyridine rings is 1. The molecule has 244 valence electrons. The van der Waals surface area contributed by atoms with E-state index in [1.807, 2.05) is 13.8 Å². The summed E-state index contributed by atoms with van der Waals surface area (Å²) >= 11 is 0. The molecule has 2 aromatic carbocycles. The van der Waals surface area contributed by atoms with Crippen LogP contribution in [0.2, 0.25) is 0 Å². The van der Waals surface area contributed by atoms with E-state index in [4.69, 9.17) is 14.5 Å². The highest BCUT2D eigenvalue weighted by molar-refractivity contribution is 6.01. The molecule has 1 atom stereocenters. The smallest absolute Gasteiger partial charge is 0.319 e. The van der Waals surface area contributed by atoms with E-state index in [0.29, 0.717) is 59.3 Å². The fourth-order valence-corrected chi connectivity index (χ4v) is 7.38. The Balaban J connectivity index is 1.31. The van der Waals surface area contributed by atoms with E-state index in [1.54, 1.807) is 18.3 Å². The molecule has 1 unspecified atom stereocenters. The molecule has 7 rings (SSSR count). The highest BCUT2D eigenvalue weighted by Gasteiger charge is 2.45. The van der Waals surface area contributed by atoms with E-state index >= 15 is 4.39 Å². The first-order chi connectivity index (χ1) is 22.4. The number of piperidine rings is 2. The fraction of sp³-hybridized carbons (Fsp3) is 0.528. The van der Waals surface area contributed by atoms with E-state index < -0.39 is 5.82 Å². The number of hydrogen-bond acceptors (Lipinski definition) is 8. The van der Waals surface area contributed by atoms with Crippen molar-refractivity contribution in [1.29, 1.82) is 0 Å². The quantitative estimate of drug-likeness (QED) is 0.200. The zero-order chi connectivity index (χ0) is 31.8. The number of rotatable bonds is 10. The molecule has 3 aliphatic rings. The number of likely N-dealkylation sites (tertiary alicyclic amines) is 1. The first kappa shape index (κ1) is 31.0. The monoisotopic (exact) mass is 631 g/mol. The summed E-state index contributed by atoms with van der Waals surface area (Å²) in [6.07, 6.45) is 9.87. The van der Waals surface area contributed by atoms with Gasteiger partial charge < -0.3 is 24.4 Å². The van der Waals surface area contributed by atoms with E-state index in [2.05, 4.69) is 19.8 Å². The Hall–Kier alpha value is -3.63. The predicted octanol–water partition coefficient (Wildman–Crippen LogP) is 7.04. The molecule has 4 aromatic rings. The van der Waals surface area contributed by atoms with E-state index in [-0.39, 0.29) is 40.3 Å². The summed E-state index contributed by atoms with van der Waals surface area (Å²) in [4.78, 5) is 18.8. The minimum Gasteiger partial charge on any atom is -0.508 e. The lowest BCUT2D eigenvalue weighted by Gasteiger charge is -2.34. The normalized spacial score (nSPS) is 20.0. The zero-order valence-corrected chi connectivity index (χ0v) is 26.8. The van der Waals surface area contributed by atoms with Crippen molar-refractivity contribution < 1.29 is 23.4 Å². The van der Waals surface area contributed by atoms with Gasteiger partial charge in [0.2, 0.25) is 0 Å². The summed E-state index contributed by atoms with van der Waals surface area (Å²) < 4.78 is 44.1. The summed E-state index contributed by atoms with van der Waals surface area (Å²) in [6.45, 7) is 9.56. The van der Waals surface area contributed by atoms with Crippen molar-refractivity contribution in [1.82, 2.24) is 19.9 Å². The van der Waals surface area contributed by atoms with Crippen LogP contribution < -0.4 is 9.64 Å². The van der Waals surface area contributed by atoms with Gasteiger partial charge in [-0.3, -0.25) is 4.98 Å². The Labute approximate surface area is 268 Å². The van der Waals surface area contributed by atoms with Gasteiger partial charge in [-0.15, -0.1) is 0 Å². The third kappa shape index (κ3) is 6.09. The number of ether oxygens (including phenoxy) is 2. The number of benzene rings is 2. The van der Waals surface area contributed by atoms with Crippen LogP contribution in [-0.2, 0) is 11.2 Å². The Kier molecular flexibility index (Phi) is 8.67. The molecule has 1 N–H and O–H groups in total. The van der Waals surface area contributed by atoms with Crippen LogP contribution in [0, 0.1) is 17.0 Å². The first-order valence-corrected chi connectivity index (χ1v) is 16.9. The highest BCUT2D eigenvalue weighted by atomic mass is 19.1. The molecule has 2 aromatic heterocycles. The minimum atomic E-state index is -0.656. The predicted molar refractivity (Wildman–Crippen MR) is 176 cm³/mol. The maximum absolute atomic E-state index is 16.8. The Morgan fingerprint density at radius 1 is 1.02 bits per heavy atom. The van der Waals surface area contributed by atoms with Gasteiger partial charge in [0.25, 0.3) is 0 Å². The van der Waals surface area contributed by atoms with Gasteiger partial charge in [0, 0.05) is 43.4 Å². The molecule has 1 aliphatic carbocycles. The SMILES string of the molecule is CCOC1CCCN(c2nc(OCC3(CN4CCCCC4)CC3)nc3c(F)c(-c4cc(O)cc5ccc(F)c(CC)c45)ncc23)C1. The summed E-state index contributed by atoms with van der Waals surface area (Å²) in [5, 5.41) is 12.2. The molecule has 0 radical (unpaired) electrons. The lowest BCUT2D eigenvalue weighted by molar-refractivity contribution is 0.0525. The summed E-state index contributed by atoms with van der Waals surface area (Å²) in [5.74, 6) is -0.513. The number of anilines is 1. The standard InChI is InChI=1S/C36H43F2N5O3/c1-3-26-29(37)11-10-23-17-24(44)18-27(30(23)26)32-31(38)33-28(19-39-32)34(43-16-8-9-25(20-43)45-4-2)41-35(40-33)46-22-36(12-13-36)21-42-14-6-5-7-15-42/h10-11,17-19,25,44H,3-9,12-16,20-22H2,1-2H3. The van der Waals surface area contributed by atoms with Gasteiger partial charge in [0.15, 0.2) is 5.82 Å². The lowest BCUT2D eigenvalue weighted by atomic mass is 9.94. The van der Waals surface area contributed by atoms with Crippen molar-refractivity contribution in [2.24, 2.45) is 5.41 Å². The second-order valence-corrected chi connectivity index (χ2v) is 13.3. The molecule has 0 bridgehead atoms. The number of aromatic nitrogens is 3. The molecular formula is C36H43F2N5O3. The van der Waals surface area contributed by atoms with Crippen LogP contribution >= 0.6 is 0 Å². The number of hydrogen-bond donors (Lipinski definition) is 1. The Morgan fingerprint density at radius 3 is 2.61 bits per heavy atom. The van der Waals surface area contributed by atoms with Gasteiger partial charge in [-0.05, 0) is 99.5 Å². The maximum atomic E-state index is 16.8. The molecule has 4 heterocycles. The molecular weight excluding hydrogens is 588 g/mol. The third-order valence-electron chi connectivity index (χ3n) is 9.96. The highest BCUT2D eigenvalue weighted by Crippen LogP contribution is 2.47. The molecule has 3 fully saturated rings. The average molecular weight is 632 g/mol. The molecule has 0 amide bonds. The van der Waals surface area contributed by atoms with E-state index in [0.717, 1.165) is 51.9 Å². The number of aromatic hydroxyl groups is 1. The second-order valence-electron chi connectivity index (χ2n) is 13.3. The number of nitrogens with zero attached hydrogens (tertiary/aromatic N) is 5. The number of aryl methyl sites for hydroxylation is 1. The van der Waals surface area contributed by atoms with Gasteiger partial charge >= 0.3 is 6.01 Å². The summed E-state index contributed by atoms with van der Waals surface area (Å²) in [5.41, 5.74) is 0.930. The van der Waals surface area contributed by atoms with Gasteiger partial charge in [-0.1, -0.05) is 19.4 Å². The Morgan fingerprint density at radius 2 is 1.85 bits per heavy atom. The van der Waals surface area contributed by atoms with Crippen LogP contribution in [0.4, 0.5) is 14.6 Å². The van der Waals surface area contributed by atoms with Crippen molar-refractivity contribution in [3.05, 3.63) is 47.7 Å². The van der Waals surface area contributed by atoms with Gasteiger partial charge in [0.1, 0.15) is 28.6 Å². The second kappa shape index (κ2) is 12.9. The molecule has 2 saturated heterocycles. The van der Waals surface area contributed by atoms with Crippen molar-refractivity contribution in [3.8, 4) is 23.0 Å². The summed E-state index contributed by atoms with van der Waals surface area (Å²) in [6, 6.07) is 6.13. The van der Waals surface area contributed by atoms with E-state index in [1.165, 1.54) is 31.4 Å². The molecule has 0 spiro atoms.